The second-order valence-electron chi connectivity index (χ2n) is 6.01. The van der Waals surface area contributed by atoms with Gasteiger partial charge in [0.15, 0.2) is 0 Å². The van der Waals surface area contributed by atoms with Gasteiger partial charge in [-0.25, -0.2) is 9.97 Å². The lowest BCUT2D eigenvalue weighted by molar-refractivity contribution is 0.102. The zero-order valence-corrected chi connectivity index (χ0v) is 14.5. The highest BCUT2D eigenvalue weighted by atomic mass is 16.1. The Balaban J connectivity index is 1.76. The van der Waals surface area contributed by atoms with Crippen molar-refractivity contribution in [3.8, 4) is 0 Å². The van der Waals surface area contributed by atoms with Crippen LogP contribution in [0.15, 0.2) is 54.7 Å². The molecule has 1 aromatic heterocycles. The number of benzene rings is 2. The van der Waals surface area contributed by atoms with Crippen LogP contribution in [0.4, 0.5) is 17.3 Å². The fourth-order valence-corrected chi connectivity index (χ4v) is 2.41. The number of nitrogens with zero attached hydrogens (tertiary/aromatic N) is 2. The molecule has 0 spiro atoms. The number of rotatable bonds is 4. The molecule has 0 bridgehead atoms. The smallest absolute Gasteiger partial charge is 0.274 e. The molecule has 0 saturated carbocycles. The molecule has 2 aromatic carbocycles. The highest BCUT2D eigenvalue weighted by Gasteiger charge is 2.10. The first kappa shape index (κ1) is 16.6. The predicted octanol–water partition coefficient (Wildman–Crippen LogP) is 4.40. The van der Waals surface area contributed by atoms with Gasteiger partial charge in [-0.15, -0.1) is 0 Å². The van der Waals surface area contributed by atoms with Crippen molar-refractivity contribution in [1.29, 1.82) is 0 Å². The molecule has 0 aliphatic carbocycles. The Hall–Kier alpha value is -3.21. The predicted molar refractivity (Wildman–Crippen MR) is 100 cm³/mol. The van der Waals surface area contributed by atoms with E-state index in [0.717, 1.165) is 22.5 Å². The van der Waals surface area contributed by atoms with Crippen molar-refractivity contribution < 1.29 is 4.79 Å². The van der Waals surface area contributed by atoms with Crippen LogP contribution in [0.5, 0.6) is 0 Å². The number of nitrogens with one attached hydrogen (secondary N) is 2. The number of carbonyl (C=O) groups is 1. The van der Waals surface area contributed by atoms with Gasteiger partial charge in [0.2, 0.25) is 5.95 Å². The molecule has 2 N–H and O–H groups in total. The van der Waals surface area contributed by atoms with E-state index in [-0.39, 0.29) is 5.91 Å². The van der Waals surface area contributed by atoms with Crippen molar-refractivity contribution in [2.45, 2.75) is 20.8 Å². The standard InChI is InChI=1S/C20H20N4O/c1-13-5-4-6-16(11-13)23-20-21-10-9-18(24-20)19(25)22-17-8-7-14(2)15(3)12-17/h4-12H,1-3H3,(H,22,25)(H,21,23,24). The third-order valence-corrected chi connectivity index (χ3v) is 3.93. The first-order valence-corrected chi connectivity index (χ1v) is 8.06. The Bertz CT molecular complexity index is 921. The molecule has 25 heavy (non-hydrogen) atoms. The normalized spacial score (nSPS) is 10.4. The topological polar surface area (TPSA) is 66.9 Å². The molecule has 1 heterocycles. The number of hydrogen-bond acceptors (Lipinski definition) is 4. The van der Waals surface area contributed by atoms with E-state index in [2.05, 4.69) is 20.6 Å². The van der Waals surface area contributed by atoms with E-state index in [0.29, 0.717) is 11.6 Å². The summed E-state index contributed by atoms with van der Waals surface area (Å²) in [7, 11) is 0. The summed E-state index contributed by atoms with van der Waals surface area (Å²) in [4.78, 5) is 20.9. The second-order valence-corrected chi connectivity index (χ2v) is 6.01. The van der Waals surface area contributed by atoms with Crippen LogP contribution in [-0.4, -0.2) is 15.9 Å². The first-order chi connectivity index (χ1) is 12.0. The lowest BCUT2D eigenvalue weighted by atomic mass is 10.1. The Labute approximate surface area is 147 Å². The van der Waals surface area contributed by atoms with Gasteiger partial charge >= 0.3 is 0 Å². The van der Waals surface area contributed by atoms with Crippen molar-refractivity contribution in [3.63, 3.8) is 0 Å². The average molecular weight is 332 g/mol. The van der Waals surface area contributed by atoms with Crippen LogP contribution >= 0.6 is 0 Å². The first-order valence-electron chi connectivity index (χ1n) is 8.06. The summed E-state index contributed by atoms with van der Waals surface area (Å²) in [5, 5.41) is 5.99. The fraction of sp³-hybridized carbons (Fsp3) is 0.150. The van der Waals surface area contributed by atoms with Gasteiger partial charge in [0.1, 0.15) is 5.69 Å². The van der Waals surface area contributed by atoms with Crippen LogP contribution in [0.1, 0.15) is 27.2 Å². The third kappa shape index (κ3) is 4.20. The maximum absolute atomic E-state index is 12.4. The number of aryl methyl sites for hydroxylation is 3. The molecule has 0 atom stereocenters. The number of aromatic nitrogens is 2. The molecule has 5 nitrogen and oxygen atoms in total. The Morgan fingerprint density at radius 3 is 2.52 bits per heavy atom. The molecule has 0 saturated heterocycles. The summed E-state index contributed by atoms with van der Waals surface area (Å²) in [5.41, 5.74) is 5.38. The second kappa shape index (κ2) is 7.13. The Kier molecular flexibility index (Phi) is 4.75. The Morgan fingerprint density at radius 2 is 1.76 bits per heavy atom. The molecule has 0 aliphatic heterocycles. The summed E-state index contributed by atoms with van der Waals surface area (Å²) in [6, 6.07) is 15.3. The summed E-state index contributed by atoms with van der Waals surface area (Å²) in [6.45, 7) is 6.06. The number of amides is 1. The molecule has 0 unspecified atom stereocenters. The van der Waals surface area contributed by atoms with E-state index in [1.807, 2.05) is 63.2 Å². The molecular formula is C20H20N4O. The molecule has 0 radical (unpaired) electrons. The van der Waals surface area contributed by atoms with Gasteiger partial charge in [0.05, 0.1) is 0 Å². The minimum Gasteiger partial charge on any atom is -0.324 e. The highest BCUT2D eigenvalue weighted by Crippen LogP contribution is 2.16. The van der Waals surface area contributed by atoms with E-state index in [1.54, 1.807) is 12.3 Å². The van der Waals surface area contributed by atoms with Crippen molar-refractivity contribution in [1.82, 2.24) is 9.97 Å². The van der Waals surface area contributed by atoms with Crippen LogP contribution in [0.2, 0.25) is 0 Å². The van der Waals surface area contributed by atoms with Crippen LogP contribution in [0.25, 0.3) is 0 Å². The molecule has 1 amide bonds. The summed E-state index contributed by atoms with van der Waals surface area (Å²) >= 11 is 0. The van der Waals surface area contributed by atoms with Crippen molar-refractivity contribution in [2.75, 3.05) is 10.6 Å². The van der Waals surface area contributed by atoms with Crippen LogP contribution in [0, 0.1) is 20.8 Å². The van der Waals surface area contributed by atoms with Gasteiger partial charge in [0, 0.05) is 17.6 Å². The Morgan fingerprint density at radius 1 is 0.920 bits per heavy atom. The average Bonchev–Trinajstić information content (AvgIpc) is 2.58. The van der Waals surface area contributed by atoms with E-state index < -0.39 is 0 Å². The summed E-state index contributed by atoms with van der Waals surface area (Å²) in [6.07, 6.45) is 1.57. The number of hydrogen-bond donors (Lipinski definition) is 2. The van der Waals surface area contributed by atoms with Crippen molar-refractivity contribution >= 4 is 23.2 Å². The zero-order valence-electron chi connectivity index (χ0n) is 14.5. The van der Waals surface area contributed by atoms with Gasteiger partial charge in [-0.05, 0) is 67.8 Å². The van der Waals surface area contributed by atoms with Crippen molar-refractivity contribution in [2.24, 2.45) is 0 Å². The van der Waals surface area contributed by atoms with Gasteiger partial charge in [-0.2, -0.15) is 0 Å². The van der Waals surface area contributed by atoms with Gasteiger partial charge in [0.25, 0.3) is 5.91 Å². The number of anilines is 3. The third-order valence-electron chi connectivity index (χ3n) is 3.93. The lowest BCUT2D eigenvalue weighted by Crippen LogP contribution is -2.15. The minimum absolute atomic E-state index is 0.266. The summed E-state index contributed by atoms with van der Waals surface area (Å²) in [5.74, 6) is 0.122. The zero-order chi connectivity index (χ0) is 17.8. The minimum atomic E-state index is -0.266. The van der Waals surface area contributed by atoms with E-state index in [1.165, 1.54) is 5.56 Å². The monoisotopic (exact) mass is 332 g/mol. The highest BCUT2D eigenvalue weighted by molar-refractivity contribution is 6.03. The molecule has 3 rings (SSSR count). The molecule has 3 aromatic rings. The fourth-order valence-electron chi connectivity index (χ4n) is 2.41. The molecule has 0 fully saturated rings. The summed E-state index contributed by atoms with van der Waals surface area (Å²) < 4.78 is 0. The van der Waals surface area contributed by atoms with E-state index in [4.69, 9.17) is 0 Å². The van der Waals surface area contributed by atoms with Gasteiger partial charge < -0.3 is 10.6 Å². The van der Waals surface area contributed by atoms with Crippen LogP contribution in [0.3, 0.4) is 0 Å². The lowest BCUT2D eigenvalue weighted by Gasteiger charge is -2.09. The van der Waals surface area contributed by atoms with Crippen LogP contribution < -0.4 is 10.6 Å². The molecule has 5 heteroatoms. The largest absolute Gasteiger partial charge is 0.324 e. The maximum atomic E-state index is 12.4. The number of carbonyl (C=O) groups excluding carboxylic acids is 1. The quantitative estimate of drug-likeness (QED) is 0.743. The molecule has 0 aliphatic rings. The molecule has 126 valence electrons. The van der Waals surface area contributed by atoms with E-state index in [9.17, 15) is 4.79 Å². The van der Waals surface area contributed by atoms with Crippen molar-refractivity contribution in [3.05, 3.63) is 77.1 Å². The van der Waals surface area contributed by atoms with Gasteiger partial charge in [-0.1, -0.05) is 18.2 Å². The van der Waals surface area contributed by atoms with E-state index >= 15 is 0 Å². The maximum Gasteiger partial charge on any atom is 0.274 e. The molecular weight excluding hydrogens is 312 g/mol. The SMILES string of the molecule is Cc1cccc(Nc2nccc(C(=O)Nc3ccc(C)c(C)c3)n2)c1. The van der Waals surface area contributed by atoms with Crippen LogP contribution in [-0.2, 0) is 0 Å². The van der Waals surface area contributed by atoms with Gasteiger partial charge in [-0.3, -0.25) is 4.79 Å².